The Kier molecular flexibility index (Phi) is 9.32. The zero-order valence-corrected chi connectivity index (χ0v) is 22.0. The Hall–Kier alpha value is -3.65. The van der Waals surface area contributed by atoms with Crippen LogP contribution in [0.1, 0.15) is 35.7 Å². The van der Waals surface area contributed by atoms with Crippen LogP contribution in [0, 0.1) is 0 Å². The SMILES string of the molecule is C=Cc1c(SCCC)nc(OCCC=O)nc1N1CCN(C(=O)c2cccc(-c3ccccc3)c2)CC1. The van der Waals surface area contributed by atoms with Crippen LogP contribution in [0.5, 0.6) is 6.01 Å². The van der Waals surface area contributed by atoms with Gasteiger partial charge in [-0.1, -0.05) is 62.0 Å². The first kappa shape index (κ1) is 26.4. The summed E-state index contributed by atoms with van der Waals surface area (Å²) >= 11 is 1.64. The Morgan fingerprint density at radius 2 is 1.81 bits per heavy atom. The van der Waals surface area contributed by atoms with Crippen molar-refractivity contribution in [1.82, 2.24) is 14.9 Å². The third kappa shape index (κ3) is 6.57. The Balaban J connectivity index is 1.50. The lowest BCUT2D eigenvalue weighted by Crippen LogP contribution is -2.49. The van der Waals surface area contributed by atoms with E-state index in [1.807, 2.05) is 59.5 Å². The number of anilines is 1. The lowest BCUT2D eigenvalue weighted by molar-refractivity contribution is -0.108. The van der Waals surface area contributed by atoms with E-state index in [0.717, 1.165) is 46.0 Å². The Morgan fingerprint density at radius 3 is 2.51 bits per heavy atom. The molecule has 192 valence electrons. The average Bonchev–Trinajstić information content (AvgIpc) is 2.96. The van der Waals surface area contributed by atoms with Crippen molar-refractivity contribution in [1.29, 1.82) is 0 Å². The van der Waals surface area contributed by atoms with E-state index in [9.17, 15) is 9.59 Å². The second kappa shape index (κ2) is 13.1. The van der Waals surface area contributed by atoms with Gasteiger partial charge < -0.3 is 19.3 Å². The minimum Gasteiger partial charge on any atom is -0.463 e. The van der Waals surface area contributed by atoms with Crippen LogP contribution in [0.25, 0.3) is 17.2 Å². The number of carbonyl (C=O) groups excluding carboxylic acids is 2. The summed E-state index contributed by atoms with van der Waals surface area (Å²) in [6.07, 6.45) is 3.90. The van der Waals surface area contributed by atoms with Crippen molar-refractivity contribution >= 4 is 35.8 Å². The van der Waals surface area contributed by atoms with Crippen LogP contribution >= 0.6 is 11.8 Å². The summed E-state index contributed by atoms with van der Waals surface area (Å²) in [7, 11) is 0. The molecule has 2 aromatic carbocycles. The lowest BCUT2D eigenvalue weighted by Gasteiger charge is -2.36. The van der Waals surface area contributed by atoms with Crippen LogP contribution in [0.4, 0.5) is 5.82 Å². The highest BCUT2D eigenvalue weighted by Gasteiger charge is 2.26. The summed E-state index contributed by atoms with van der Waals surface area (Å²) in [5, 5.41) is 0.819. The Labute approximate surface area is 222 Å². The largest absolute Gasteiger partial charge is 0.463 e. The fourth-order valence-corrected chi connectivity index (χ4v) is 5.05. The summed E-state index contributed by atoms with van der Waals surface area (Å²) in [5.74, 6) is 1.69. The van der Waals surface area contributed by atoms with Crippen LogP contribution in [-0.2, 0) is 4.79 Å². The molecular weight excluding hydrogens is 484 g/mol. The van der Waals surface area contributed by atoms with E-state index in [4.69, 9.17) is 4.74 Å². The number of aromatic nitrogens is 2. The third-order valence-corrected chi connectivity index (χ3v) is 7.26. The van der Waals surface area contributed by atoms with E-state index in [1.54, 1.807) is 17.8 Å². The zero-order valence-electron chi connectivity index (χ0n) is 21.1. The van der Waals surface area contributed by atoms with Gasteiger partial charge in [0.25, 0.3) is 5.91 Å². The molecule has 0 radical (unpaired) electrons. The van der Waals surface area contributed by atoms with Gasteiger partial charge in [-0.15, -0.1) is 11.8 Å². The van der Waals surface area contributed by atoms with Gasteiger partial charge in [-0.3, -0.25) is 4.79 Å². The van der Waals surface area contributed by atoms with Gasteiger partial charge in [0.15, 0.2) is 0 Å². The quantitative estimate of drug-likeness (QED) is 0.150. The van der Waals surface area contributed by atoms with Crippen molar-refractivity contribution in [3.63, 3.8) is 0 Å². The number of aldehydes is 1. The second-order valence-corrected chi connectivity index (χ2v) is 9.71. The molecule has 1 amide bonds. The molecule has 37 heavy (non-hydrogen) atoms. The monoisotopic (exact) mass is 516 g/mol. The number of ether oxygens (including phenoxy) is 1. The van der Waals surface area contributed by atoms with Gasteiger partial charge in [0.05, 0.1) is 6.61 Å². The first-order valence-corrected chi connectivity index (χ1v) is 13.6. The van der Waals surface area contributed by atoms with Gasteiger partial charge >= 0.3 is 6.01 Å². The molecule has 0 spiro atoms. The van der Waals surface area contributed by atoms with Crippen molar-refractivity contribution in [3.05, 3.63) is 72.3 Å². The molecule has 0 bridgehead atoms. The van der Waals surface area contributed by atoms with Crippen molar-refractivity contribution < 1.29 is 14.3 Å². The van der Waals surface area contributed by atoms with Crippen LogP contribution in [0.15, 0.2) is 66.2 Å². The smallest absolute Gasteiger partial charge is 0.319 e. The maximum absolute atomic E-state index is 13.3. The molecule has 0 aliphatic carbocycles. The van der Waals surface area contributed by atoms with E-state index in [1.165, 1.54) is 0 Å². The number of nitrogens with zero attached hydrogens (tertiary/aromatic N) is 4. The molecule has 0 N–H and O–H groups in total. The normalized spacial score (nSPS) is 13.3. The first-order valence-electron chi connectivity index (χ1n) is 12.6. The van der Waals surface area contributed by atoms with Crippen LogP contribution in [0.3, 0.4) is 0 Å². The lowest BCUT2D eigenvalue weighted by atomic mass is 10.0. The minimum atomic E-state index is 0.0288. The predicted molar refractivity (Wildman–Crippen MR) is 149 cm³/mol. The fraction of sp³-hybridized carbons (Fsp3) is 0.310. The van der Waals surface area contributed by atoms with Gasteiger partial charge in [-0.2, -0.15) is 9.97 Å². The maximum atomic E-state index is 13.3. The standard InChI is InChI=1S/C29H32N4O3S/c1-3-20-37-27-25(4-2)26(30-29(31-27)36-19-9-18-34)32-14-16-33(17-15-32)28(35)24-13-8-12-23(21-24)22-10-6-5-7-11-22/h4-8,10-13,18,21H,2-3,9,14-17,19-20H2,1H3. The Bertz CT molecular complexity index is 1230. The number of benzene rings is 2. The molecule has 1 aliphatic heterocycles. The van der Waals surface area contributed by atoms with Crippen molar-refractivity contribution in [2.24, 2.45) is 0 Å². The van der Waals surface area contributed by atoms with E-state index >= 15 is 0 Å². The molecular formula is C29H32N4O3S. The van der Waals surface area contributed by atoms with Gasteiger partial charge in [0, 0.05) is 43.7 Å². The molecule has 4 rings (SSSR count). The molecule has 7 nitrogen and oxygen atoms in total. The number of amides is 1. The highest BCUT2D eigenvalue weighted by molar-refractivity contribution is 7.99. The third-order valence-electron chi connectivity index (χ3n) is 6.07. The van der Waals surface area contributed by atoms with E-state index in [0.29, 0.717) is 31.7 Å². The van der Waals surface area contributed by atoms with E-state index in [-0.39, 0.29) is 24.9 Å². The predicted octanol–water partition coefficient (Wildman–Crippen LogP) is 5.22. The summed E-state index contributed by atoms with van der Waals surface area (Å²) in [5.41, 5.74) is 3.68. The second-order valence-electron chi connectivity index (χ2n) is 8.63. The molecule has 0 unspecified atom stereocenters. The van der Waals surface area contributed by atoms with Gasteiger partial charge in [-0.05, 0) is 35.4 Å². The Morgan fingerprint density at radius 1 is 1.05 bits per heavy atom. The van der Waals surface area contributed by atoms with Crippen LogP contribution < -0.4 is 9.64 Å². The van der Waals surface area contributed by atoms with Crippen molar-refractivity contribution in [2.75, 3.05) is 43.4 Å². The average molecular weight is 517 g/mol. The molecule has 1 saturated heterocycles. The molecule has 0 atom stereocenters. The highest BCUT2D eigenvalue weighted by Crippen LogP contribution is 2.32. The molecule has 2 heterocycles. The zero-order chi connectivity index (χ0) is 26.0. The molecule has 1 fully saturated rings. The summed E-state index contributed by atoms with van der Waals surface area (Å²) in [6, 6.07) is 18.1. The first-order chi connectivity index (χ1) is 18.1. The number of hydrogen-bond donors (Lipinski definition) is 0. The fourth-order valence-electron chi connectivity index (χ4n) is 4.18. The number of rotatable bonds is 11. The number of thioether (sulfide) groups is 1. The molecule has 1 aliphatic rings. The van der Waals surface area contributed by atoms with Gasteiger partial charge in [0.1, 0.15) is 17.1 Å². The summed E-state index contributed by atoms with van der Waals surface area (Å²) in [6.45, 7) is 8.78. The maximum Gasteiger partial charge on any atom is 0.319 e. The van der Waals surface area contributed by atoms with Crippen molar-refractivity contribution in [2.45, 2.75) is 24.8 Å². The minimum absolute atomic E-state index is 0.0288. The van der Waals surface area contributed by atoms with Gasteiger partial charge in [0.2, 0.25) is 0 Å². The van der Waals surface area contributed by atoms with E-state index in [2.05, 4.69) is 28.4 Å². The molecule has 8 heteroatoms. The van der Waals surface area contributed by atoms with Crippen molar-refractivity contribution in [3.8, 4) is 17.1 Å². The molecule has 3 aromatic rings. The topological polar surface area (TPSA) is 75.6 Å². The molecule has 1 aromatic heterocycles. The summed E-state index contributed by atoms with van der Waals surface area (Å²) in [4.78, 5) is 37.4. The highest BCUT2D eigenvalue weighted by atomic mass is 32.2. The van der Waals surface area contributed by atoms with Crippen LogP contribution in [-0.4, -0.2) is 65.6 Å². The number of hydrogen-bond acceptors (Lipinski definition) is 7. The summed E-state index contributed by atoms with van der Waals surface area (Å²) < 4.78 is 5.67. The number of carbonyl (C=O) groups is 2. The molecule has 0 saturated carbocycles. The van der Waals surface area contributed by atoms with Gasteiger partial charge in [-0.25, -0.2) is 0 Å². The van der Waals surface area contributed by atoms with Crippen LogP contribution in [0.2, 0.25) is 0 Å². The van der Waals surface area contributed by atoms with E-state index < -0.39 is 0 Å². The number of piperazine rings is 1.